The Morgan fingerprint density at radius 1 is 1.08 bits per heavy atom. The second-order valence-corrected chi connectivity index (χ2v) is 5.95. The van der Waals surface area contributed by atoms with Gasteiger partial charge in [0.25, 0.3) is 11.8 Å². The fraction of sp³-hybridized carbons (Fsp3) is 0.167. The predicted octanol–water partition coefficient (Wildman–Crippen LogP) is 2.43. The van der Waals surface area contributed by atoms with E-state index in [9.17, 15) is 18.8 Å². The number of carbonyl (C=O) groups is 3. The number of nitrogens with zero attached hydrogens (tertiary/aromatic N) is 1. The van der Waals surface area contributed by atoms with Gasteiger partial charge in [-0.2, -0.15) is 0 Å². The summed E-state index contributed by atoms with van der Waals surface area (Å²) >= 11 is 5.98. The summed E-state index contributed by atoms with van der Waals surface area (Å²) in [5.74, 6) is -1.76. The maximum absolute atomic E-state index is 13.5. The minimum absolute atomic E-state index is 0.0195. The summed E-state index contributed by atoms with van der Waals surface area (Å²) in [6, 6.07) is 10.7. The first-order valence-electron chi connectivity index (χ1n) is 7.64. The SMILES string of the molecule is O=C(Cc1ccccc1F)NCCN1C(=O)c2cccc(Cl)c2C1=O. The molecule has 0 fully saturated rings. The van der Waals surface area contributed by atoms with Crippen LogP contribution in [0.1, 0.15) is 26.3 Å². The van der Waals surface area contributed by atoms with Crippen molar-refractivity contribution in [1.29, 1.82) is 0 Å². The van der Waals surface area contributed by atoms with Gasteiger partial charge in [-0.05, 0) is 23.8 Å². The third-order valence-corrected chi connectivity index (χ3v) is 4.23. The first kappa shape index (κ1) is 17.1. The highest BCUT2D eigenvalue weighted by atomic mass is 35.5. The second-order valence-electron chi connectivity index (χ2n) is 5.54. The minimum atomic E-state index is -0.478. The zero-order valence-corrected chi connectivity index (χ0v) is 13.8. The molecule has 0 aromatic heterocycles. The summed E-state index contributed by atoms with van der Waals surface area (Å²) in [5.41, 5.74) is 0.731. The number of hydrogen-bond donors (Lipinski definition) is 1. The van der Waals surface area contributed by atoms with E-state index in [4.69, 9.17) is 11.6 Å². The maximum Gasteiger partial charge on any atom is 0.263 e. The molecule has 128 valence electrons. The standard InChI is InChI=1S/C18H14ClFN2O3/c19-13-6-3-5-12-16(13)18(25)22(17(12)24)9-8-21-15(23)10-11-4-1-2-7-14(11)20/h1-7H,8-10H2,(H,21,23). The van der Waals surface area contributed by atoms with E-state index in [0.29, 0.717) is 0 Å². The number of imide groups is 1. The molecule has 0 radical (unpaired) electrons. The molecule has 0 unspecified atom stereocenters. The van der Waals surface area contributed by atoms with E-state index in [0.717, 1.165) is 4.90 Å². The number of nitrogens with one attached hydrogen (secondary N) is 1. The number of rotatable bonds is 5. The lowest BCUT2D eigenvalue weighted by molar-refractivity contribution is -0.120. The second kappa shape index (κ2) is 7.03. The summed E-state index contributed by atoms with van der Waals surface area (Å²) in [7, 11) is 0. The number of halogens is 2. The van der Waals surface area contributed by atoms with Crippen molar-refractivity contribution in [3.63, 3.8) is 0 Å². The van der Waals surface area contributed by atoms with Crippen LogP contribution in [-0.2, 0) is 11.2 Å². The van der Waals surface area contributed by atoms with E-state index >= 15 is 0 Å². The van der Waals surface area contributed by atoms with E-state index in [1.54, 1.807) is 24.3 Å². The zero-order chi connectivity index (χ0) is 18.0. The molecule has 1 heterocycles. The first-order valence-corrected chi connectivity index (χ1v) is 8.01. The van der Waals surface area contributed by atoms with Gasteiger partial charge in [-0.25, -0.2) is 4.39 Å². The molecule has 7 heteroatoms. The van der Waals surface area contributed by atoms with Crippen LogP contribution < -0.4 is 5.32 Å². The quantitative estimate of drug-likeness (QED) is 0.833. The van der Waals surface area contributed by atoms with Gasteiger partial charge in [0.2, 0.25) is 5.91 Å². The first-order chi connectivity index (χ1) is 12.0. The highest BCUT2D eigenvalue weighted by Gasteiger charge is 2.36. The highest BCUT2D eigenvalue weighted by Crippen LogP contribution is 2.28. The van der Waals surface area contributed by atoms with Crippen LogP contribution >= 0.6 is 11.6 Å². The van der Waals surface area contributed by atoms with Crippen molar-refractivity contribution in [3.05, 3.63) is 70.0 Å². The molecule has 0 bridgehead atoms. The molecule has 5 nitrogen and oxygen atoms in total. The Hall–Kier alpha value is -2.73. The molecule has 1 aliphatic rings. The molecule has 25 heavy (non-hydrogen) atoms. The molecule has 1 N–H and O–H groups in total. The maximum atomic E-state index is 13.5. The molecule has 0 spiro atoms. The van der Waals surface area contributed by atoms with E-state index in [1.165, 1.54) is 18.2 Å². The summed E-state index contributed by atoms with van der Waals surface area (Å²) in [6.45, 7) is 0.0993. The molecule has 3 rings (SSSR count). The van der Waals surface area contributed by atoms with Crippen molar-refractivity contribution < 1.29 is 18.8 Å². The van der Waals surface area contributed by atoms with Crippen molar-refractivity contribution in [1.82, 2.24) is 10.2 Å². The molecule has 0 aliphatic carbocycles. The fourth-order valence-electron chi connectivity index (χ4n) is 2.68. The van der Waals surface area contributed by atoms with Gasteiger partial charge in [-0.3, -0.25) is 19.3 Å². The minimum Gasteiger partial charge on any atom is -0.354 e. The van der Waals surface area contributed by atoms with Crippen LogP contribution in [0, 0.1) is 5.82 Å². The molecule has 2 aromatic carbocycles. The van der Waals surface area contributed by atoms with Gasteiger partial charge < -0.3 is 5.32 Å². The third kappa shape index (κ3) is 3.39. The van der Waals surface area contributed by atoms with Crippen molar-refractivity contribution >= 4 is 29.3 Å². The van der Waals surface area contributed by atoms with Crippen LogP contribution in [0.5, 0.6) is 0 Å². The Morgan fingerprint density at radius 2 is 1.84 bits per heavy atom. The van der Waals surface area contributed by atoms with E-state index in [1.807, 2.05) is 0 Å². The van der Waals surface area contributed by atoms with Crippen LogP contribution in [0.2, 0.25) is 5.02 Å². The van der Waals surface area contributed by atoms with Crippen molar-refractivity contribution in [2.45, 2.75) is 6.42 Å². The van der Waals surface area contributed by atoms with E-state index < -0.39 is 17.6 Å². The Labute approximate surface area is 148 Å². The molecule has 0 atom stereocenters. The lowest BCUT2D eigenvalue weighted by Crippen LogP contribution is -2.38. The summed E-state index contributed by atoms with van der Waals surface area (Å²) in [5, 5.41) is 2.81. The van der Waals surface area contributed by atoms with Gasteiger partial charge in [-0.1, -0.05) is 35.9 Å². The molecular formula is C18H14ClFN2O3. The van der Waals surface area contributed by atoms with Gasteiger partial charge in [-0.15, -0.1) is 0 Å². The molecular weight excluding hydrogens is 347 g/mol. The van der Waals surface area contributed by atoms with Gasteiger partial charge >= 0.3 is 0 Å². The number of fused-ring (bicyclic) bond motifs is 1. The van der Waals surface area contributed by atoms with Crippen LogP contribution in [0.4, 0.5) is 4.39 Å². The van der Waals surface area contributed by atoms with Crippen molar-refractivity contribution in [2.24, 2.45) is 0 Å². The molecule has 0 saturated heterocycles. The average molecular weight is 361 g/mol. The molecule has 3 amide bonds. The predicted molar refractivity (Wildman–Crippen MR) is 89.9 cm³/mol. The Balaban J connectivity index is 1.57. The van der Waals surface area contributed by atoms with Crippen LogP contribution in [-0.4, -0.2) is 35.7 Å². The zero-order valence-electron chi connectivity index (χ0n) is 13.1. The monoisotopic (exact) mass is 360 g/mol. The van der Waals surface area contributed by atoms with E-state index in [2.05, 4.69) is 5.32 Å². The number of hydrogen-bond acceptors (Lipinski definition) is 3. The Bertz CT molecular complexity index is 869. The lowest BCUT2D eigenvalue weighted by atomic mass is 10.1. The van der Waals surface area contributed by atoms with Crippen LogP contribution in [0.15, 0.2) is 42.5 Å². The summed E-state index contributed by atoms with van der Waals surface area (Å²) < 4.78 is 13.5. The molecule has 0 saturated carbocycles. The van der Waals surface area contributed by atoms with Crippen LogP contribution in [0.3, 0.4) is 0 Å². The number of amides is 3. The molecule has 2 aromatic rings. The third-order valence-electron chi connectivity index (χ3n) is 3.91. The Kier molecular flexibility index (Phi) is 4.81. The number of carbonyl (C=O) groups excluding carboxylic acids is 3. The average Bonchev–Trinajstić information content (AvgIpc) is 2.83. The van der Waals surface area contributed by atoms with E-state index in [-0.39, 0.29) is 47.1 Å². The number of benzene rings is 2. The normalized spacial score (nSPS) is 13.1. The smallest absolute Gasteiger partial charge is 0.263 e. The topological polar surface area (TPSA) is 66.5 Å². The molecule has 1 aliphatic heterocycles. The largest absolute Gasteiger partial charge is 0.354 e. The fourth-order valence-corrected chi connectivity index (χ4v) is 2.94. The highest BCUT2D eigenvalue weighted by molar-refractivity contribution is 6.37. The summed E-state index contributed by atoms with van der Waals surface area (Å²) in [6.07, 6.45) is -0.110. The van der Waals surface area contributed by atoms with Crippen molar-refractivity contribution in [2.75, 3.05) is 13.1 Å². The Morgan fingerprint density at radius 3 is 2.56 bits per heavy atom. The lowest BCUT2D eigenvalue weighted by Gasteiger charge is -2.14. The van der Waals surface area contributed by atoms with Gasteiger partial charge in [0, 0.05) is 13.1 Å². The van der Waals surface area contributed by atoms with Crippen molar-refractivity contribution in [3.8, 4) is 0 Å². The van der Waals surface area contributed by atoms with Gasteiger partial charge in [0.15, 0.2) is 0 Å². The summed E-state index contributed by atoms with van der Waals surface area (Å²) in [4.78, 5) is 37.5. The van der Waals surface area contributed by atoms with Crippen LogP contribution in [0.25, 0.3) is 0 Å². The van der Waals surface area contributed by atoms with Gasteiger partial charge in [0.05, 0.1) is 22.6 Å². The van der Waals surface area contributed by atoms with Gasteiger partial charge in [0.1, 0.15) is 5.82 Å².